The summed E-state index contributed by atoms with van der Waals surface area (Å²) in [4.78, 5) is 0. The zero-order valence-electron chi connectivity index (χ0n) is 15.6. The Kier molecular flexibility index (Phi) is 3.51. The van der Waals surface area contributed by atoms with Gasteiger partial charge in [0.2, 0.25) is 0 Å². The van der Waals surface area contributed by atoms with Gasteiger partial charge in [-0.2, -0.15) is 0 Å². The zero-order chi connectivity index (χ0) is 16.7. The van der Waals surface area contributed by atoms with Gasteiger partial charge in [0.1, 0.15) is 0 Å². The van der Waals surface area contributed by atoms with Crippen LogP contribution in [0.15, 0.2) is 0 Å². The van der Waals surface area contributed by atoms with Crippen molar-refractivity contribution in [3.63, 3.8) is 0 Å². The molecule has 2 bridgehead atoms. The molecular formula is C22H36O2. The van der Waals surface area contributed by atoms with Crippen molar-refractivity contribution in [2.75, 3.05) is 6.61 Å². The van der Waals surface area contributed by atoms with Gasteiger partial charge in [-0.05, 0) is 117 Å². The van der Waals surface area contributed by atoms with E-state index in [0.29, 0.717) is 17.9 Å². The lowest BCUT2D eigenvalue weighted by Gasteiger charge is -2.68. The minimum absolute atomic E-state index is 0.398. The van der Waals surface area contributed by atoms with E-state index in [1.807, 2.05) is 0 Å². The van der Waals surface area contributed by atoms with Crippen LogP contribution in [0.5, 0.6) is 0 Å². The Morgan fingerprint density at radius 3 is 2.33 bits per heavy atom. The van der Waals surface area contributed by atoms with Gasteiger partial charge in [-0.25, -0.2) is 0 Å². The van der Waals surface area contributed by atoms with Gasteiger partial charge in [0, 0.05) is 6.61 Å². The lowest BCUT2D eigenvalue weighted by Crippen LogP contribution is -2.62. The Morgan fingerprint density at radius 1 is 0.833 bits per heavy atom. The zero-order valence-corrected chi connectivity index (χ0v) is 15.6. The molecule has 8 atom stereocenters. The first-order chi connectivity index (χ1) is 11.4. The highest BCUT2D eigenvalue weighted by Crippen LogP contribution is 2.70. The second-order valence-electron chi connectivity index (χ2n) is 10.9. The molecule has 0 amide bonds. The second-order valence-corrected chi connectivity index (χ2v) is 10.9. The molecular weight excluding hydrogens is 296 g/mol. The van der Waals surface area contributed by atoms with Gasteiger partial charge >= 0.3 is 0 Å². The number of hydrogen-bond acceptors (Lipinski definition) is 2. The fourth-order valence-electron chi connectivity index (χ4n) is 8.90. The normalized spacial score (nSPS) is 62.0. The van der Waals surface area contributed by atoms with Crippen LogP contribution in [0.3, 0.4) is 0 Å². The largest absolute Gasteiger partial charge is 0.396 e. The molecule has 0 aromatic rings. The number of fused-ring (bicyclic) bond motifs is 3. The summed E-state index contributed by atoms with van der Waals surface area (Å²) in [6.07, 6.45) is 11.7. The Hall–Kier alpha value is -0.0800. The van der Waals surface area contributed by atoms with Crippen molar-refractivity contribution in [3.05, 3.63) is 0 Å². The summed E-state index contributed by atoms with van der Waals surface area (Å²) in [5.74, 6) is 6.80. The van der Waals surface area contributed by atoms with Crippen LogP contribution in [0.25, 0.3) is 0 Å². The summed E-state index contributed by atoms with van der Waals surface area (Å²) in [5.41, 5.74) is 0.0277. The van der Waals surface area contributed by atoms with Crippen LogP contribution in [-0.4, -0.2) is 22.4 Å². The SMILES string of the molecule is C[C@@]1(O)CC[C@H]2[C@H](CC[C@@H]3[C@@H]2CC[C@]2(C)C(CO)C4CC(C4)[C@@H]32)C1. The average Bonchev–Trinajstić information content (AvgIpc) is 2.50. The first-order valence-electron chi connectivity index (χ1n) is 10.8. The van der Waals surface area contributed by atoms with E-state index < -0.39 is 5.60 Å². The summed E-state index contributed by atoms with van der Waals surface area (Å²) in [5, 5.41) is 20.6. The van der Waals surface area contributed by atoms with Gasteiger partial charge in [-0.15, -0.1) is 0 Å². The maximum atomic E-state index is 10.5. The van der Waals surface area contributed by atoms with Crippen molar-refractivity contribution in [2.45, 2.75) is 77.2 Å². The van der Waals surface area contributed by atoms with Gasteiger partial charge in [0.15, 0.2) is 0 Å². The molecule has 136 valence electrons. The molecule has 6 saturated carbocycles. The van der Waals surface area contributed by atoms with E-state index in [4.69, 9.17) is 0 Å². The average molecular weight is 333 g/mol. The highest BCUT2D eigenvalue weighted by atomic mass is 16.3. The van der Waals surface area contributed by atoms with Crippen LogP contribution < -0.4 is 0 Å². The van der Waals surface area contributed by atoms with E-state index >= 15 is 0 Å². The van der Waals surface area contributed by atoms with Crippen molar-refractivity contribution < 1.29 is 10.2 Å². The Morgan fingerprint density at radius 2 is 1.58 bits per heavy atom. The predicted octanol–water partition coefficient (Wildman–Crippen LogP) is 4.24. The maximum Gasteiger partial charge on any atom is 0.0622 e. The fraction of sp³-hybridized carbons (Fsp3) is 1.00. The molecule has 0 heterocycles. The summed E-state index contributed by atoms with van der Waals surface area (Å²) in [6, 6.07) is 0. The van der Waals surface area contributed by atoms with Crippen molar-refractivity contribution in [2.24, 2.45) is 52.8 Å². The molecule has 6 fully saturated rings. The summed E-state index contributed by atoms with van der Waals surface area (Å²) < 4.78 is 0. The maximum absolute atomic E-state index is 10.5. The van der Waals surface area contributed by atoms with Crippen molar-refractivity contribution in [3.8, 4) is 0 Å². The van der Waals surface area contributed by atoms with Crippen molar-refractivity contribution in [1.29, 1.82) is 0 Å². The van der Waals surface area contributed by atoms with E-state index in [-0.39, 0.29) is 0 Å². The third kappa shape index (κ3) is 2.08. The summed E-state index contributed by atoms with van der Waals surface area (Å²) in [6.45, 7) is 5.04. The van der Waals surface area contributed by atoms with Gasteiger partial charge in [-0.3, -0.25) is 0 Å². The lowest BCUT2D eigenvalue weighted by molar-refractivity contribution is -0.207. The van der Waals surface area contributed by atoms with Gasteiger partial charge in [0.25, 0.3) is 0 Å². The molecule has 2 nitrogen and oxygen atoms in total. The lowest BCUT2D eigenvalue weighted by atomic mass is 9.37. The van der Waals surface area contributed by atoms with E-state index in [9.17, 15) is 10.2 Å². The third-order valence-electron chi connectivity index (χ3n) is 9.87. The molecule has 0 aromatic carbocycles. The predicted molar refractivity (Wildman–Crippen MR) is 95.3 cm³/mol. The second kappa shape index (κ2) is 5.22. The number of aliphatic hydroxyl groups excluding tert-OH is 1. The number of rotatable bonds is 1. The van der Waals surface area contributed by atoms with Crippen molar-refractivity contribution >= 4 is 0 Å². The van der Waals surface area contributed by atoms with E-state index in [2.05, 4.69) is 13.8 Å². The number of aliphatic hydroxyl groups is 2. The Bertz CT molecular complexity index is 508. The van der Waals surface area contributed by atoms with Gasteiger partial charge < -0.3 is 10.2 Å². The molecule has 24 heavy (non-hydrogen) atoms. The van der Waals surface area contributed by atoms with Gasteiger partial charge in [-0.1, -0.05) is 6.92 Å². The molecule has 0 spiro atoms. The first kappa shape index (κ1) is 16.1. The van der Waals surface area contributed by atoms with Crippen LogP contribution in [0.2, 0.25) is 0 Å². The molecule has 1 unspecified atom stereocenters. The van der Waals surface area contributed by atoms with Crippen LogP contribution in [0.1, 0.15) is 71.6 Å². The Balaban J connectivity index is 1.42. The number of hydrogen-bond donors (Lipinski definition) is 2. The minimum atomic E-state index is -0.398. The molecule has 2 heteroatoms. The minimum Gasteiger partial charge on any atom is -0.396 e. The highest BCUT2D eigenvalue weighted by molar-refractivity contribution is 5.12. The molecule has 0 aromatic heterocycles. The van der Waals surface area contributed by atoms with Crippen LogP contribution in [0, 0.1) is 52.8 Å². The molecule has 0 saturated heterocycles. The van der Waals surface area contributed by atoms with Crippen LogP contribution in [0.4, 0.5) is 0 Å². The fourth-order valence-corrected chi connectivity index (χ4v) is 8.90. The topological polar surface area (TPSA) is 40.5 Å². The van der Waals surface area contributed by atoms with Crippen molar-refractivity contribution in [1.82, 2.24) is 0 Å². The summed E-state index contributed by atoms with van der Waals surface area (Å²) in [7, 11) is 0. The van der Waals surface area contributed by atoms with Gasteiger partial charge in [0.05, 0.1) is 5.60 Å². The van der Waals surface area contributed by atoms with E-state index in [0.717, 1.165) is 54.3 Å². The molecule has 6 aliphatic rings. The molecule has 6 aliphatic carbocycles. The standard InChI is InChI=1S/C22H36O2/c1-21(24)7-5-16-13(11-21)3-4-18-17(16)6-8-22(2)19(12-23)14-9-15(10-14)20(18)22/h13-20,23-24H,3-12H2,1-2H3/t13-,14?,15?,16+,17-,18-,19?,20+,21-,22-/m1/s1. The molecule has 0 aliphatic heterocycles. The molecule has 6 rings (SSSR count). The monoisotopic (exact) mass is 332 g/mol. The highest BCUT2D eigenvalue weighted by Gasteiger charge is 2.63. The van der Waals surface area contributed by atoms with Crippen LogP contribution in [-0.2, 0) is 0 Å². The van der Waals surface area contributed by atoms with E-state index in [1.54, 1.807) is 0 Å². The smallest absolute Gasteiger partial charge is 0.0622 e. The first-order valence-corrected chi connectivity index (χ1v) is 10.8. The van der Waals surface area contributed by atoms with Crippen LogP contribution >= 0.6 is 0 Å². The third-order valence-corrected chi connectivity index (χ3v) is 9.87. The quantitative estimate of drug-likeness (QED) is 0.754. The molecule has 0 radical (unpaired) electrons. The molecule has 2 N–H and O–H groups in total. The van der Waals surface area contributed by atoms with E-state index in [1.165, 1.54) is 44.9 Å². The Labute approximate surface area is 147 Å². The summed E-state index contributed by atoms with van der Waals surface area (Å²) >= 11 is 0.